The number of nitrogens with one attached hydrogen (secondary N) is 1. The van der Waals surface area contributed by atoms with Crippen LogP contribution in [0.3, 0.4) is 0 Å². The number of rotatable bonds is 5. The highest BCUT2D eigenvalue weighted by Gasteiger charge is 2.09. The van der Waals surface area contributed by atoms with E-state index >= 15 is 0 Å². The highest BCUT2D eigenvalue weighted by atomic mass is 32.1. The number of hydrogen-bond acceptors (Lipinski definition) is 3. The number of hydrogen-bond donors (Lipinski definition) is 1. The average molecular weight is 272 g/mol. The third-order valence-corrected chi connectivity index (χ3v) is 4.76. The Hall–Kier alpha value is -1.19. The Balaban J connectivity index is 1.45. The second kappa shape index (κ2) is 6.31. The van der Waals surface area contributed by atoms with Crippen LogP contribution in [-0.4, -0.2) is 18.1 Å². The molecule has 0 amide bonds. The van der Waals surface area contributed by atoms with Gasteiger partial charge >= 0.3 is 0 Å². The van der Waals surface area contributed by atoms with Crippen molar-refractivity contribution in [3.05, 3.63) is 41.4 Å². The summed E-state index contributed by atoms with van der Waals surface area (Å²) >= 11 is 1.82. The first kappa shape index (κ1) is 12.8. The van der Waals surface area contributed by atoms with E-state index in [1.807, 2.05) is 11.3 Å². The zero-order chi connectivity index (χ0) is 12.9. The van der Waals surface area contributed by atoms with Crippen molar-refractivity contribution in [2.24, 2.45) is 5.92 Å². The van der Waals surface area contributed by atoms with Crippen molar-refractivity contribution in [1.29, 1.82) is 0 Å². The van der Waals surface area contributed by atoms with Gasteiger partial charge in [0.25, 0.3) is 0 Å². The van der Waals surface area contributed by atoms with E-state index in [0.29, 0.717) is 0 Å². The lowest BCUT2D eigenvalue weighted by Crippen LogP contribution is -2.25. The molecule has 1 aliphatic carbocycles. The second-order valence-electron chi connectivity index (χ2n) is 5.18. The fourth-order valence-corrected chi connectivity index (χ4v) is 3.54. The van der Waals surface area contributed by atoms with Crippen LogP contribution in [0.1, 0.15) is 24.3 Å². The fraction of sp³-hybridized carbons (Fsp3) is 0.438. The Kier molecular flexibility index (Phi) is 4.26. The molecule has 1 aromatic heterocycles. The quantitative estimate of drug-likeness (QED) is 0.662. The van der Waals surface area contributed by atoms with E-state index in [1.165, 1.54) is 29.0 Å². The lowest BCUT2D eigenvalue weighted by molar-refractivity contribution is 0.442. The normalized spacial score (nSPS) is 19.1. The minimum atomic E-state index is 0.834. The molecule has 3 rings (SSSR count). The van der Waals surface area contributed by atoms with Gasteiger partial charge in [-0.05, 0) is 43.9 Å². The molecule has 0 bridgehead atoms. The van der Waals surface area contributed by atoms with Crippen LogP contribution in [-0.2, 0) is 6.42 Å². The summed E-state index contributed by atoms with van der Waals surface area (Å²) < 4.78 is 1.30. The van der Waals surface area contributed by atoms with Gasteiger partial charge in [-0.25, -0.2) is 4.98 Å². The SMILES string of the molecule is C1=CCC(CNCCc2nc3ccccc3s2)CC1. The minimum Gasteiger partial charge on any atom is -0.316 e. The Labute approximate surface area is 118 Å². The summed E-state index contributed by atoms with van der Waals surface area (Å²) in [5.74, 6) is 0.834. The van der Waals surface area contributed by atoms with Crippen LogP contribution in [0.25, 0.3) is 10.2 Å². The van der Waals surface area contributed by atoms with Crippen molar-refractivity contribution in [2.75, 3.05) is 13.1 Å². The fourth-order valence-electron chi connectivity index (χ4n) is 2.57. The molecular weight excluding hydrogens is 252 g/mol. The van der Waals surface area contributed by atoms with Gasteiger partial charge in [-0.3, -0.25) is 0 Å². The predicted molar refractivity (Wildman–Crippen MR) is 82.7 cm³/mol. The minimum absolute atomic E-state index is 0.834. The van der Waals surface area contributed by atoms with Gasteiger partial charge in [0, 0.05) is 13.0 Å². The maximum absolute atomic E-state index is 4.66. The molecule has 0 aliphatic heterocycles. The monoisotopic (exact) mass is 272 g/mol. The van der Waals surface area contributed by atoms with E-state index < -0.39 is 0 Å². The van der Waals surface area contributed by atoms with Gasteiger partial charge in [0.2, 0.25) is 0 Å². The number of allylic oxidation sites excluding steroid dienone is 2. The first-order valence-electron chi connectivity index (χ1n) is 7.12. The van der Waals surface area contributed by atoms with Crippen molar-refractivity contribution in [3.63, 3.8) is 0 Å². The van der Waals surface area contributed by atoms with Gasteiger partial charge in [-0.1, -0.05) is 24.3 Å². The number of para-hydroxylation sites is 1. The standard InChI is InChI=1S/C16H20N2S/c1-2-6-13(7-3-1)12-17-11-10-16-18-14-8-4-5-9-15(14)19-16/h1-2,4-5,8-9,13,17H,3,6-7,10-12H2. The number of fused-ring (bicyclic) bond motifs is 1. The first-order valence-corrected chi connectivity index (χ1v) is 7.93. The van der Waals surface area contributed by atoms with E-state index in [4.69, 9.17) is 0 Å². The summed E-state index contributed by atoms with van der Waals surface area (Å²) in [5, 5.41) is 4.83. The number of benzene rings is 1. The lowest BCUT2D eigenvalue weighted by Gasteiger charge is -2.17. The zero-order valence-corrected chi connectivity index (χ0v) is 12.0. The molecule has 1 N–H and O–H groups in total. The molecule has 0 spiro atoms. The lowest BCUT2D eigenvalue weighted by atomic mass is 9.94. The Bertz CT molecular complexity index is 526. The molecule has 0 radical (unpaired) electrons. The molecule has 1 unspecified atom stereocenters. The summed E-state index contributed by atoms with van der Waals surface area (Å²) in [6.07, 6.45) is 9.51. The largest absolute Gasteiger partial charge is 0.316 e. The van der Waals surface area contributed by atoms with Gasteiger partial charge in [-0.15, -0.1) is 11.3 Å². The molecule has 100 valence electrons. The van der Waals surface area contributed by atoms with Crippen molar-refractivity contribution in [2.45, 2.75) is 25.7 Å². The summed E-state index contributed by atoms with van der Waals surface area (Å²) in [7, 11) is 0. The summed E-state index contributed by atoms with van der Waals surface area (Å²) in [5.41, 5.74) is 1.14. The number of thiazole rings is 1. The molecular formula is C16H20N2S. The van der Waals surface area contributed by atoms with Crippen molar-refractivity contribution < 1.29 is 0 Å². The summed E-state index contributed by atoms with van der Waals surface area (Å²) in [6, 6.07) is 8.38. The molecule has 1 aromatic carbocycles. The smallest absolute Gasteiger partial charge is 0.0951 e. The molecule has 0 saturated carbocycles. The molecule has 19 heavy (non-hydrogen) atoms. The van der Waals surface area contributed by atoms with Gasteiger partial charge < -0.3 is 5.32 Å². The van der Waals surface area contributed by atoms with Crippen LogP contribution in [0.5, 0.6) is 0 Å². The molecule has 1 heterocycles. The van der Waals surface area contributed by atoms with Gasteiger partial charge in [-0.2, -0.15) is 0 Å². The van der Waals surface area contributed by atoms with E-state index in [0.717, 1.165) is 30.9 Å². The van der Waals surface area contributed by atoms with E-state index in [1.54, 1.807) is 0 Å². The van der Waals surface area contributed by atoms with E-state index in [9.17, 15) is 0 Å². The predicted octanol–water partition coefficient (Wildman–Crippen LogP) is 3.78. The third-order valence-electron chi connectivity index (χ3n) is 3.66. The van der Waals surface area contributed by atoms with Gasteiger partial charge in [0.1, 0.15) is 0 Å². The van der Waals surface area contributed by atoms with Crippen LogP contribution in [0, 0.1) is 5.92 Å². The second-order valence-corrected chi connectivity index (χ2v) is 6.30. The van der Waals surface area contributed by atoms with Crippen LogP contribution >= 0.6 is 11.3 Å². The Morgan fingerprint density at radius 3 is 3.05 bits per heavy atom. The van der Waals surface area contributed by atoms with Crippen molar-refractivity contribution in [3.8, 4) is 0 Å². The maximum Gasteiger partial charge on any atom is 0.0951 e. The number of nitrogens with zero attached hydrogens (tertiary/aromatic N) is 1. The van der Waals surface area contributed by atoms with Crippen molar-refractivity contribution in [1.82, 2.24) is 10.3 Å². The Morgan fingerprint density at radius 1 is 1.26 bits per heavy atom. The van der Waals surface area contributed by atoms with Gasteiger partial charge in [0.15, 0.2) is 0 Å². The Morgan fingerprint density at radius 2 is 2.21 bits per heavy atom. The first-order chi connectivity index (χ1) is 9.42. The summed E-state index contributed by atoms with van der Waals surface area (Å²) in [4.78, 5) is 4.66. The molecule has 0 saturated heterocycles. The van der Waals surface area contributed by atoms with Crippen LogP contribution < -0.4 is 5.32 Å². The van der Waals surface area contributed by atoms with E-state index in [2.05, 4.69) is 46.7 Å². The van der Waals surface area contributed by atoms with Gasteiger partial charge in [0.05, 0.1) is 15.2 Å². The van der Waals surface area contributed by atoms with Crippen LogP contribution in [0.2, 0.25) is 0 Å². The van der Waals surface area contributed by atoms with Crippen LogP contribution in [0.4, 0.5) is 0 Å². The molecule has 2 aromatic rings. The van der Waals surface area contributed by atoms with E-state index in [-0.39, 0.29) is 0 Å². The maximum atomic E-state index is 4.66. The molecule has 2 nitrogen and oxygen atoms in total. The topological polar surface area (TPSA) is 24.9 Å². The third kappa shape index (κ3) is 3.43. The van der Waals surface area contributed by atoms with Crippen LogP contribution in [0.15, 0.2) is 36.4 Å². The molecule has 1 atom stereocenters. The molecule has 3 heteroatoms. The summed E-state index contributed by atoms with van der Waals surface area (Å²) in [6.45, 7) is 2.19. The average Bonchev–Trinajstić information content (AvgIpc) is 2.87. The highest BCUT2D eigenvalue weighted by Crippen LogP contribution is 2.21. The van der Waals surface area contributed by atoms with Crippen molar-refractivity contribution >= 4 is 21.6 Å². The number of aromatic nitrogens is 1. The molecule has 0 fully saturated rings. The zero-order valence-electron chi connectivity index (χ0n) is 11.1. The molecule has 1 aliphatic rings. The highest BCUT2D eigenvalue weighted by molar-refractivity contribution is 7.18.